The fraction of sp³-hybridized carbons (Fsp3) is 0. The third kappa shape index (κ3) is 3.58. The Bertz CT molecular complexity index is 924. The maximum atomic E-state index is 3.61. The first-order valence-electron chi connectivity index (χ1n) is 8.84. The Balaban J connectivity index is 2.11. The molecule has 0 saturated carbocycles. The van der Waals surface area contributed by atoms with Gasteiger partial charge in [-0.2, -0.15) is 0 Å². The van der Waals surface area contributed by atoms with Crippen LogP contribution in [0.25, 0.3) is 0 Å². The first-order valence-corrected chi connectivity index (χ1v) is 14.6. The van der Waals surface area contributed by atoms with Crippen molar-refractivity contribution in [1.29, 1.82) is 0 Å². The van der Waals surface area contributed by atoms with Gasteiger partial charge in [-0.05, 0) is 0 Å². The standard InChI is InChI=1S/C24H18Br2Ge/c25-19-11-15-23(16-12-19)27(21-7-3-1-4-8-21,22-9-5-2-6-10-22)24-17-13-20(26)14-18-24/h1-18H. The van der Waals surface area contributed by atoms with E-state index in [0.29, 0.717) is 0 Å². The van der Waals surface area contributed by atoms with Crippen molar-refractivity contribution in [2.75, 3.05) is 0 Å². The Morgan fingerprint density at radius 3 is 1.00 bits per heavy atom. The van der Waals surface area contributed by atoms with E-state index in [1.807, 2.05) is 0 Å². The van der Waals surface area contributed by atoms with Gasteiger partial charge in [-0.25, -0.2) is 0 Å². The summed E-state index contributed by atoms with van der Waals surface area (Å²) in [5.41, 5.74) is 0. The number of benzene rings is 4. The molecule has 132 valence electrons. The van der Waals surface area contributed by atoms with Gasteiger partial charge in [-0.1, -0.05) is 0 Å². The summed E-state index contributed by atoms with van der Waals surface area (Å²) in [6.07, 6.45) is 0. The number of hydrogen-bond donors (Lipinski definition) is 0. The summed E-state index contributed by atoms with van der Waals surface area (Å²) in [5, 5.41) is 0. The predicted molar refractivity (Wildman–Crippen MR) is 125 cm³/mol. The third-order valence-corrected chi connectivity index (χ3v) is 16.1. The van der Waals surface area contributed by atoms with Crippen LogP contribution in [0.3, 0.4) is 0 Å². The molecule has 0 saturated heterocycles. The van der Waals surface area contributed by atoms with Crippen LogP contribution >= 0.6 is 31.9 Å². The third-order valence-electron chi connectivity index (χ3n) is 4.97. The minimum absolute atomic E-state index is 1.11. The van der Waals surface area contributed by atoms with Crippen LogP contribution in [0.5, 0.6) is 0 Å². The fourth-order valence-electron chi connectivity index (χ4n) is 3.78. The van der Waals surface area contributed by atoms with Crippen molar-refractivity contribution in [3.05, 3.63) is 118 Å². The van der Waals surface area contributed by atoms with Crippen molar-refractivity contribution >= 4 is 62.7 Å². The molecule has 4 aromatic rings. The van der Waals surface area contributed by atoms with E-state index in [0.717, 1.165) is 8.95 Å². The fourth-order valence-corrected chi connectivity index (χ4v) is 14.2. The SMILES string of the molecule is Brc1cc[c]([Ge]([c]2ccccc2)([c]2ccccc2)[c]2ccc(Br)cc2)cc1. The van der Waals surface area contributed by atoms with Gasteiger partial charge in [-0.3, -0.25) is 0 Å². The van der Waals surface area contributed by atoms with Crippen LogP contribution in [0.1, 0.15) is 0 Å². The summed E-state index contributed by atoms with van der Waals surface area (Å²) in [4.78, 5) is 0. The van der Waals surface area contributed by atoms with Crippen LogP contribution in [0.2, 0.25) is 0 Å². The van der Waals surface area contributed by atoms with Crippen LogP contribution in [0, 0.1) is 0 Å². The van der Waals surface area contributed by atoms with E-state index < -0.39 is 13.3 Å². The molecule has 0 N–H and O–H groups in total. The Morgan fingerprint density at radius 1 is 0.370 bits per heavy atom. The molecule has 0 fully saturated rings. The molecular formula is C24H18Br2Ge. The molecule has 0 aliphatic heterocycles. The average molecular weight is 539 g/mol. The second-order valence-electron chi connectivity index (χ2n) is 6.50. The zero-order valence-electron chi connectivity index (χ0n) is 14.6. The van der Waals surface area contributed by atoms with E-state index in [9.17, 15) is 0 Å². The van der Waals surface area contributed by atoms with Gasteiger partial charge in [0, 0.05) is 0 Å². The Labute approximate surface area is 179 Å². The van der Waals surface area contributed by atoms with Gasteiger partial charge in [0.1, 0.15) is 0 Å². The van der Waals surface area contributed by atoms with Gasteiger partial charge < -0.3 is 0 Å². The first kappa shape index (κ1) is 18.7. The van der Waals surface area contributed by atoms with Crippen molar-refractivity contribution in [1.82, 2.24) is 0 Å². The molecule has 0 radical (unpaired) electrons. The zero-order chi connectivity index (χ0) is 18.7. The molecule has 0 aromatic heterocycles. The molecular weight excluding hydrogens is 521 g/mol. The molecule has 0 heterocycles. The van der Waals surface area contributed by atoms with E-state index in [2.05, 4.69) is 141 Å². The van der Waals surface area contributed by atoms with Gasteiger partial charge in [0.25, 0.3) is 0 Å². The van der Waals surface area contributed by atoms with E-state index in [-0.39, 0.29) is 0 Å². The van der Waals surface area contributed by atoms with Crippen molar-refractivity contribution in [3.8, 4) is 0 Å². The summed E-state index contributed by atoms with van der Waals surface area (Å²) in [6.45, 7) is 0. The molecule has 0 spiro atoms. The van der Waals surface area contributed by atoms with Gasteiger partial charge >= 0.3 is 181 Å². The van der Waals surface area contributed by atoms with E-state index >= 15 is 0 Å². The normalized spacial score (nSPS) is 11.3. The number of hydrogen-bond acceptors (Lipinski definition) is 0. The second-order valence-corrected chi connectivity index (χ2v) is 16.3. The van der Waals surface area contributed by atoms with Crippen LogP contribution < -0.4 is 17.6 Å². The molecule has 0 atom stereocenters. The van der Waals surface area contributed by atoms with E-state index in [1.165, 1.54) is 17.6 Å². The summed E-state index contributed by atoms with van der Waals surface area (Å²) in [5.74, 6) is 0. The van der Waals surface area contributed by atoms with Crippen LogP contribution in [-0.2, 0) is 0 Å². The van der Waals surface area contributed by atoms with Gasteiger partial charge in [-0.15, -0.1) is 0 Å². The number of halogens is 2. The second kappa shape index (κ2) is 8.17. The Hall–Kier alpha value is -1.62. The molecule has 0 aliphatic carbocycles. The molecule has 4 rings (SSSR count). The predicted octanol–water partition coefficient (Wildman–Crippen LogP) is 4.59. The number of rotatable bonds is 4. The van der Waals surface area contributed by atoms with Crippen molar-refractivity contribution in [2.45, 2.75) is 0 Å². The van der Waals surface area contributed by atoms with Crippen molar-refractivity contribution in [3.63, 3.8) is 0 Å². The van der Waals surface area contributed by atoms with E-state index in [1.54, 1.807) is 0 Å². The summed E-state index contributed by atoms with van der Waals surface area (Å²) < 4.78 is 7.96. The molecule has 0 aliphatic rings. The Morgan fingerprint density at radius 2 is 0.667 bits per heavy atom. The quantitative estimate of drug-likeness (QED) is 0.334. The summed E-state index contributed by atoms with van der Waals surface area (Å²) in [6, 6.07) is 39.9. The zero-order valence-corrected chi connectivity index (χ0v) is 19.9. The molecule has 4 aromatic carbocycles. The molecule has 0 amide bonds. The van der Waals surface area contributed by atoms with Crippen molar-refractivity contribution in [2.24, 2.45) is 0 Å². The van der Waals surface area contributed by atoms with Gasteiger partial charge in [0.15, 0.2) is 0 Å². The summed E-state index contributed by atoms with van der Waals surface area (Å²) >= 11 is 4.12. The average Bonchev–Trinajstić information content (AvgIpc) is 2.73. The molecule has 27 heavy (non-hydrogen) atoms. The maximum absolute atomic E-state index is 3.61. The molecule has 0 unspecified atom stereocenters. The topological polar surface area (TPSA) is 0 Å². The van der Waals surface area contributed by atoms with Crippen LogP contribution in [0.4, 0.5) is 0 Å². The van der Waals surface area contributed by atoms with Gasteiger partial charge in [0.2, 0.25) is 0 Å². The Kier molecular flexibility index (Phi) is 5.67. The molecule has 0 nitrogen and oxygen atoms in total. The van der Waals surface area contributed by atoms with Crippen LogP contribution in [0.15, 0.2) is 118 Å². The van der Waals surface area contributed by atoms with Crippen molar-refractivity contribution < 1.29 is 0 Å². The van der Waals surface area contributed by atoms with Crippen LogP contribution in [-0.4, -0.2) is 13.3 Å². The molecule has 0 bridgehead atoms. The molecule has 3 heteroatoms. The van der Waals surface area contributed by atoms with E-state index in [4.69, 9.17) is 0 Å². The summed E-state index contributed by atoms with van der Waals surface area (Å²) in [7, 11) is 0. The minimum atomic E-state index is -3.09. The van der Waals surface area contributed by atoms with Gasteiger partial charge in [0.05, 0.1) is 0 Å². The first-order chi connectivity index (χ1) is 13.2. The monoisotopic (exact) mass is 538 g/mol.